The number of methoxy groups -OCH3 is 1. The molecule has 0 aliphatic carbocycles. The average molecular weight is 348 g/mol. The molecular weight excluding hydrogens is 320 g/mol. The van der Waals surface area contributed by atoms with Gasteiger partial charge in [-0.05, 0) is 30.4 Å². The Kier molecular flexibility index (Phi) is 8.67. The van der Waals surface area contributed by atoms with Crippen molar-refractivity contribution >= 4 is 23.5 Å². The lowest BCUT2D eigenvalue weighted by Gasteiger charge is -2.19. The minimum Gasteiger partial charge on any atom is -0.467 e. The van der Waals surface area contributed by atoms with Crippen LogP contribution >= 0.6 is 0 Å². The largest absolute Gasteiger partial charge is 0.467 e. The molecule has 2 amide bonds. The second-order valence-corrected chi connectivity index (χ2v) is 6.70. The summed E-state index contributed by atoms with van der Waals surface area (Å²) in [4.78, 5) is 35.9. The number of anilines is 1. The van der Waals surface area contributed by atoms with Crippen LogP contribution in [0.3, 0.4) is 0 Å². The highest BCUT2D eigenvalue weighted by atomic mass is 16.5. The van der Waals surface area contributed by atoms with Gasteiger partial charge in [0, 0.05) is 18.5 Å². The van der Waals surface area contributed by atoms with Crippen LogP contribution in [0.5, 0.6) is 0 Å². The van der Waals surface area contributed by atoms with Crippen LogP contribution in [-0.2, 0) is 19.1 Å². The van der Waals surface area contributed by atoms with E-state index in [9.17, 15) is 14.4 Å². The van der Waals surface area contributed by atoms with Crippen molar-refractivity contribution in [3.05, 3.63) is 30.3 Å². The predicted molar refractivity (Wildman–Crippen MR) is 96.9 cm³/mol. The van der Waals surface area contributed by atoms with Gasteiger partial charge in [-0.1, -0.05) is 39.0 Å². The molecule has 0 fully saturated rings. The third-order valence-corrected chi connectivity index (χ3v) is 3.65. The van der Waals surface area contributed by atoms with E-state index in [1.165, 1.54) is 7.11 Å². The van der Waals surface area contributed by atoms with Crippen LogP contribution in [0, 0.1) is 11.8 Å². The molecule has 2 N–H and O–H groups in total. The van der Waals surface area contributed by atoms with Gasteiger partial charge >= 0.3 is 5.97 Å². The van der Waals surface area contributed by atoms with Crippen molar-refractivity contribution in [2.75, 3.05) is 12.4 Å². The van der Waals surface area contributed by atoms with Gasteiger partial charge in [0.25, 0.3) is 0 Å². The van der Waals surface area contributed by atoms with Gasteiger partial charge in [-0.3, -0.25) is 9.59 Å². The molecule has 0 aromatic heterocycles. The molecule has 1 rings (SSSR count). The summed E-state index contributed by atoms with van der Waals surface area (Å²) in [5, 5.41) is 5.50. The van der Waals surface area contributed by atoms with E-state index in [-0.39, 0.29) is 36.5 Å². The summed E-state index contributed by atoms with van der Waals surface area (Å²) in [6.45, 7) is 5.77. The molecule has 1 aromatic rings. The number of rotatable bonds is 9. The van der Waals surface area contributed by atoms with Crippen molar-refractivity contribution in [3.8, 4) is 0 Å². The van der Waals surface area contributed by atoms with E-state index in [0.717, 1.165) is 5.69 Å². The molecule has 2 atom stereocenters. The topological polar surface area (TPSA) is 84.5 Å². The minimum absolute atomic E-state index is 0.138. The Hall–Kier alpha value is -2.37. The van der Waals surface area contributed by atoms with Crippen LogP contribution in [0.4, 0.5) is 5.69 Å². The first-order valence-electron chi connectivity index (χ1n) is 8.53. The second-order valence-electron chi connectivity index (χ2n) is 6.70. The molecule has 0 saturated carbocycles. The van der Waals surface area contributed by atoms with Crippen LogP contribution in [-0.4, -0.2) is 30.9 Å². The molecular formula is C19H28N2O4. The first-order chi connectivity index (χ1) is 11.8. The molecule has 0 heterocycles. The van der Waals surface area contributed by atoms with Gasteiger partial charge in [0.05, 0.1) is 7.11 Å². The van der Waals surface area contributed by atoms with Crippen molar-refractivity contribution in [1.82, 2.24) is 5.32 Å². The van der Waals surface area contributed by atoms with E-state index in [1.807, 2.05) is 51.1 Å². The number of hydrogen-bond acceptors (Lipinski definition) is 4. The maximum absolute atomic E-state index is 12.2. The zero-order valence-electron chi connectivity index (χ0n) is 15.4. The van der Waals surface area contributed by atoms with E-state index < -0.39 is 12.0 Å². The summed E-state index contributed by atoms with van der Waals surface area (Å²) < 4.78 is 4.73. The Morgan fingerprint density at radius 2 is 1.60 bits per heavy atom. The van der Waals surface area contributed by atoms with Crippen LogP contribution in [0.15, 0.2) is 30.3 Å². The van der Waals surface area contributed by atoms with Crippen molar-refractivity contribution < 1.29 is 19.1 Å². The quantitative estimate of drug-likeness (QED) is 0.672. The maximum atomic E-state index is 12.2. The fourth-order valence-electron chi connectivity index (χ4n) is 2.52. The Balaban J connectivity index is 2.46. The molecule has 25 heavy (non-hydrogen) atoms. The van der Waals surface area contributed by atoms with Crippen LogP contribution < -0.4 is 10.6 Å². The first kappa shape index (κ1) is 20.7. The summed E-state index contributed by atoms with van der Waals surface area (Å²) in [6, 6.07) is 8.52. The Morgan fingerprint density at radius 3 is 2.16 bits per heavy atom. The molecule has 138 valence electrons. The standard InChI is InChI=1S/C19H28N2O4/c1-13(2)10-16(19(24)25-4)21-18(23)12-14(3)11-17(22)20-15-8-6-5-7-9-15/h5-9,13-14,16H,10-12H2,1-4H3,(H,20,22)(H,21,23)/t14-,16-/m0/s1. The van der Waals surface area contributed by atoms with Crippen molar-refractivity contribution in [1.29, 1.82) is 0 Å². The summed E-state index contributed by atoms with van der Waals surface area (Å²) >= 11 is 0. The number of ether oxygens (including phenoxy) is 1. The fraction of sp³-hybridized carbons (Fsp3) is 0.526. The summed E-state index contributed by atoms with van der Waals surface area (Å²) in [5.41, 5.74) is 0.729. The molecule has 0 aliphatic heterocycles. The van der Waals surface area contributed by atoms with Crippen molar-refractivity contribution in [2.45, 2.75) is 46.1 Å². The number of amides is 2. The fourth-order valence-corrected chi connectivity index (χ4v) is 2.52. The zero-order valence-corrected chi connectivity index (χ0v) is 15.4. The number of nitrogens with one attached hydrogen (secondary N) is 2. The zero-order chi connectivity index (χ0) is 18.8. The maximum Gasteiger partial charge on any atom is 0.328 e. The van der Waals surface area contributed by atoms with Crippen LogP contribution in [0.25, 0.3) is 0 Å². The van der Waals surface area contributed by atoms with E-state index in [4.69, 9.17) is 4.74 Å². The van der Waals surface area contributed by atoms with Gasteiger partial charge < -0.3 is 15.4 Å². The lowest BCUT2D eigenvalue weighted by Crippen LogP contribution is -2.42. The lowest BCUT2D eigenvalue weighted by molar-refractivity contribution is -0.145. The number of para-hydroxylation sites is 1. The van der Waals surface area contributed by atoms with E-state index >= 15 is 0 Å². The summed E-state index contributed by atoms with van der Waals surface area (Å²) in [6.07, 6.45) is 0.921. The first-order valence-corrected chi connectivity index (χ1v) is 8.53. The van der Waals surface area contributed by atoms with Gasteiger partial charge in [0.2, 0.25) is 11.8 Å². The predicted octanol–water partition coefficient (Wildman–Crippen LogP) is 2.75. The van der Waals surface area contributed by atoms with Crippen LogP contribution in [0.2, 0.25) is 0 Å². The molecule has 0 saturated heterocycles. The van der Waals surface area contributed by atoms with E-state index in [2.05, 4.69) is 10.6 Å². The lowest BCUT2D eigenvalue weighted by atomic mass is 10.0. The molecule has 0 unspecified atom stereocenters. The number of carbonyl (C=O) groups is 3. The number of benzene rings is 1. The minimum atomic E-state index is -0.650. The number of hydrogen-bond donors (Lipinski definition) is 2. The molecule has 6 heteroatoms. The van der Waals surface area contributed by atoms with Gasteiger partial charge in [-0.2, -0.15) is 0 Å². The highest BCUT2D eigenvalue weighted by Gasteiger charge is 2.23. The van der Waals surface area contributed by atoms with E-state index in [1.54, 1.807) is 0 Å². The third kappa shape index (κ3) is 8.33. The van der Waals surface area contributed by atoms with E-state index in [0.29, 0.717) is 6.42 Å². The molecule has 0 bridgehead atoms. The monoisotopic (exact) mass is 348 g/mol. The van der Waals surface area contributed by atoms with Gasteiger partial charge in [0.15, 0.2) is 0 Å². The normalized spacial score (nSPS) is 13.0. The third-order valence-electron chi connectivity index (χ3n) is 3.65. The van der Waals surface area contributed by atoms with Crippen molar-refractivity contribution in [3.63, 3.8) is 0 Å². The molecule has 0 aliphatic rings. The summed E-state index contributed by atoms with van der Waals surface area (Å²) in [7, 11) is 1.30. The Morgan fingerprint density at radius 1 is 1.00 bits per heavy atom. The molecule has 1 aromatic carbocycles. The highest BCUT2D eigenvalue weighted by Crippen LogP contribution is 2.12. The van der Waals surface area contributed by atoms with Gasteiger partial charge in [0.1, 0.15) is 6.04 Å². The Bertz CT molecular complexity index is 572. The number of carbonyl (C=O) groups excluding carboxylic acids is 3. The average Bonchev–Trinajstić information content (AvgIpc) is 2.53. The molecule has 0 spiro atoms. The molecule has 0 radical (unpaired) electrons. The Labute approximate surface area is 149 Å². The highest BCUT2D eigenvalue weighted by molar-refractivity contribution is 5.91. The van der Waals surface area contributed by atoms with Crippen LogP contribution in [0.1, 0.15) is 40.0 Å². The second kappa shape index (κ2) is 10.5. The SMILES string of the molecule is COC(=O)[C@H](CC(C)C)NC(=O)C[C@@H](C)CC(=O)Nc1ccccc1. The van der Waals surface area contributed by atoms with Crippen molar-refractivity contribution in [2.24, 2.45) is 11.8 Å². The number of esters is 1. The van der Waals surface area contributed by atoms with Gasteiger partial charge in [-0.25, -0.2) is 4.79 Å². The smallest absolute Gasteiger partial charge is 0.328 e. The summed E-state index contributed by atoms with van der Waals surface area (Å²) in [5.74, 6) is -0.731. The van der Waals surface area contributed by atoms with Gasteiger partial charge in [-0.15, -0.1) is 0 Å². The molecule has 6 nitrogen and oxygen atoms in total.